The van der Waals surface area contributed by atoms with E-state index in [0.29, 0.717) is 5.56 Å². The van der Waals surface area contributed by atoms with Gasteiger partial charge >= 0.3 is 0 Å². The SMILES string of the molecule is CC.CSNc1cccc(NCC2(O)CN(C(=O)c3ccc(F)c(F)c3Nc3ccc(C)cc3F)C2)c1. The van der Waals surface area contributed by atoms with Crippen LogP contribution in [0.1, 0.15) is 29.8 Å². The van der Waals surface area contributed by atoms with Crippen molar-refractivity contribution in [1.29, 1.82) is 0 Å². The van der Waals surface area contributed by atoms with Crippen LogP contribution in [0.5, 0.6) is 0 Å². The van der Waals surface area contributed by atoms with Gasteiger partial charge in [-0.05, 0) is 55.0 Å². The van der Waals surface area contributed by atoms with Gasteiger partial charge in [-0.15, -0.1) is 0 Å². The number of amides is 1. The summed E-state index contributed by atoms with van der Waals surface area (Å²) in [4.78, 5) is 14.4. The first-order chi connectivity index (χ1) is 17.7. The van der Waals surface area contributed by atoms with E-state index in [1.807, 2.05) is 44.4 Å². The summed E-state index contributed by atoms with van der Waals surface area (Å²) in [5.74, 6) is -3.71. The molecular weight excluding hydrogens is 501 g/mol. The molecule has 0 saturated carbocycles. The Bertz CT molecular complexity index is 1250. The number of hydrogen-bond donors (Lipinski definition) is 4. The number of aliphatic hydroxyl groups is 1. The summed E-state index contributed by atoms with van der Waals surface area (Å²) in [5, 5.41) is 16.5. The van der Waals surface area contributed by atoms with Gasteiger partial charge in [0.2, 0.25) is 0 Å². The van der Waals surface area contributed by atoms with Crippen LogP contribution < -0.4 is 15.4 Å². The van der Waals surface area contributed by atoms with Gasteiger partial charge in [0.15, 0.2) is 11.6 Å². The second-order valence-corrected chi connectivity index (χ2v) is 9.13. The van der Waals surface area contributed by atoms with Crippen LogP contribution in [-0.4, -0.2) is 47.4 Å². The third-order valence-electron chi connectivity index (χ3n) is 5.67. The maximum absolute atomic E-state index is 14.7. The number of rotatable bonds is 8. The number of likely N-dealkylation sites (tertiary alicyclic amines) is 1. The van der Waals surface area contributed by atoms with Crippen LogP contribution in [-0.2, 0) is 0 Å². The first-order valence-corrected chi connectivity index (χ1v) is 13.1. The molecule has 1 fully saturated rings. The van der Waals surface area contributed by atoms with Crippen molar-refractivity contribution in [3.05, 3.63) is 83.2 Å². The lowest BCUT2D eigenvalue weighted by molar-refractivity contribution is -0.0706. The molecule has 0 aromatic heterocycles. The predicted molar refractivity (Wildman–Crippen MR) is 145 cm³/mol. The third kappa shape index (κ3) is 6.69. The Morgan fingerprint density at radius 1 is 1.03 bits per heavy atom. The fourth-order valence-electron chi connectivity index (χ4n) is 3.87. The van der Waals surface area contributed by atoms with Crippen LogP contribution in [0.25, 0.3) is 0 Å². The number of carbonyl (C=O) groups excluding carboxylic acids is 1. The molecule has 0 spiro atoms. The number of carbonyl (C=O) groups is 1. The standard InChI is InChI=1S/C25H25F3N4O2S.C2H6/c1-15-6-9-21(20(27)10-15)30-23-18(7-8-19(26)22(23)28)24(33)32-13-25(34,14-32)12-29-16-4-3-5-17(11-16)31-35-2;1-2/h3-11,29-31,34H,12-14H2,1-2H3;1-2H3. The largest absolute Gasteiger partial charge is 0.384 e. The van der Waals surface area contributed by atoms with E-state index in [1.165, 1.54) is 29.0 Å². The van der Waals surface area contributed by atoms with Crippen molar-refractivity contribution in [2.45, 2.75) is 26.4 Å². The normalized spacial score (nSPS) is 13.7. The van der Waals surface area contributed by atoms with Crippen LogP contribution in [0.15, 0.2) is 54.6 Å². The fraction of sp³-hybridized carbons (Fsp3) is 0.296. The molecule has 3 aromatic rings. The van der Waals surface area contributed by atoms with Crippen molar-refractivity contribution in [1.82, 2.24) is 4.90 Å². The maximum atomic E-state index is 14.7. The smallest absolute Gasteiger partial charge is 0.256 e. The first-order valence-electron chi connectivity index (χ1n) is 11.8. The topological polar surface area (TPSA) is 76.6 Å². The lowest BCUT2D eigenvalue weighted by atomic mass is 9.92. The Hall–Kier alpha value is -3.37. The van der Waals surface area contributed by atoms with Gasteiger partial charge in [0.05, 0.1) is 30.0 Å². The number of nitrogens with zero attached hydrogens (tertiary/aromatic N) is 1. The molecule has 1 heterocycles. The van der Waals surface area contributed by atoms with Crippen molar-refractivity contribution < 1.29 is 23.1 Å². The van der Waals surface area contributed by atoms with Crippen molar-refractivity contribution in [2.75, 3.05) is 41.2 Å². The molecule has 37 heavy (non-hydrogen) atoms. The molecule has 3 aromatic carbocycles. The number of hydrogen-bond acceptors (Lipinski definition) is 6. The Morgan fingerprint density at radius 3 is 2.41 bits per heavy atom. The monoisotopic (exact) mass is 532 g/mol. The number of benzene rings is 3. The van der Waals surface area contributed by atoms with Crippen molar-refractivity contribution in [2.24, 2.45) is 0 Å². The highest BCUT2D eigenvalue weighted by atomic mass is 32.2. The first kappa shape index (κ1) is 28.2. The van der Waals surface area contributed by atoms with E-state index < -0.39 is 34.6 Å². The minimum atomic E-state index is -1.29. The Balaban J connectivity index is 0.00000186. The summed E-state index contributed by atoms with van der Waals surface area (Å²) in [5.41, 5.74) is 0.478. The Morgan fingerprint density at radius 2 is 1.73 bits per heavy atom. The molecule has 0 atom stereocenters. The van der Waals surface area contributed by atoms with Gasteiger partial charge in [-0.1, -0.05) is 37.9 Å². The highest BCUT2D eigenvalue weighted by molar-refractivity contribution is 7.99. The van der Waals surface area contributed by atoms with Crippen LogP contribution in [0, 0.1) is 24.4 Å². The maximum Gasteiger partial charge on any atom is 0.256 e. The average molecular weight is 533 g/mol. The molecule has 1 saturated heterocycles. The number of halogens is 3. The molecular formula is C27H31F3N4O2S. The average Bonchev–Trinajstić information content (AvgIpc) is 2.87. The molecule has 198 valence electrons. The van der Waals surface area contributed by atoms with Crippen LogP contribution in [0.3, 0.4) is 0 Å². The van der Waals surface area contributed by atoms with Crippen LogP contribution in [0.4, 0.5) is 35.9 Å². The lowest BCUT2D eigenvalue weighted by Gasteiger charge is -2.46. The summed E-state index contributed by atoms with van der Waals surface area (Å²) in [6, 6.07) is 13.8. The zero-order chi connectivity index (χ0) is 27.2. The summed E-state index contributed by atoms with van der Waals surface area (Å²) in [6.45, 7) is 5.89. The zero-order valence-corrected chi connectivity index (χ0v) is 22.0. The molecule has 0 radical (unpaired) electrons. The molecule has 4 N–H and O–H groups in total. The Labute approximate surface area is 219 Å². The second kappa shape index (κ2) is 12.2. The van der Waals surface area contributed by atoms with Gasteiger partial charge in [-0.25, -0.2) is 13.2 Å². The van der Waals surface area contributed by atoms with Crippen molar-refractivity contribution in [3.63, 3.8) is 0 Å². The molecule has 1 aliphatic heterocycles. The molecule has 4 rings (SSSR count). The van der Waals surface area contributed by atoms with Gasteiger partial charge in [0.25, 0.3) is 5.91 Å². The van der Waals surface area contributed by atoms with Gasteiger partial charge in [-0.2, -0.15) is 0 Å². The minimum Gasteiger partial charge on any atom is -0.384 e. The quantitative estimate of drug-likeness (QED) is 0.260. The summed E-state index contributed by atoms with van der Waals surface area (Å²) >= 11 is 1.46. The fourth-order valence-corrected chi connectivity index (χ4v) is 4.24. The minimum absolute atomic E-state index is 0.00108. The van der Waals surface area contributed by atoms with Gasteiger partial charge in [0.1, 0.15) is 11.4 Å². The van der Waals surface area contributed by atoms with E-state index in [1.54, 1.807) is 13.0 Å². The number of β-amino-alcohol motifs (C(OH)–C–C–N with tert-alkyl or cyclic N) is 1. The number of nitrogens with one attached hydrogen (secondary N) is 3. The number of anilines is 4. The predicted octanol–water partition coefficient (Wildman–Crippen LogP) is 6.17. The van der Waals surface area contributed by atoms with Gasteiger partial charge in [0, 0.05) is 24.2 Å². The molecule has 0 bridgehead atoms. The summed E-state index contributed by atoms with van der Waals surface area (Å²) < 4.78 is 46.1. The molecule has 1 amide bonds. The number of aryl methyl sites for hydroxylation is 1. The van der Waals surface area contributed by atoms with E-state index in [0.717, 1.165) is 23.5 Å². The van der Waals surface area contributed by atoms with E-state index >= 15 is 0 Å². The van der Waals surface area contributed by atoms with E-state index in [2.05, 4.69) is 15.4 Å². The van der Waals surface area contributed by atoms with E-state index in [4.69, 9.17) is 0 Å². The summed E-state index contributed by atoms with van der Waals surface area (Å²) in [7, 11) is 0. The summed E-state index contributed by atoms with van der Waals surface area (Å²) in [6.07, 6.45) is 1.91. The van der Waals surface area contributed by atoms with Crippen LogP contribution in [0.2, 0.25) is 0 Å². The Kier molecular flexibility index (Phi) is 9.34. The molecule has 10 heteroatoms. The van der Waals surface area contributed by atoms with Crippen LogP contribution >= 0.6 is 11.9 Å². The second-order valence-electron chi connectivity index (χ2n) is 8.52. The van der Waals surface area contributed by atoms with E-state index in [-0.39, 0.29) is 30.9 Å². The molecule has 0 aliphatic carbocycles. The molecule has 6 nitrogen and oxygen atoms in total. The molecule has 1 aliphatic rings. The highest BCUT2D eigenvalue weighted by Crippen LogP contribution is 2.32. The molecule has 0 unspecified atom stereocenters. The lowest BCUT2D eigenvalue weighted by Crippen LogP contribution is -2.66. The van der Waals surface area contributed by atoms with Gasteiger partial charge in [-0.3, -0.25) is 4.79 Å². The van der Waals surface area contributed by atoms with Crippen molar-refractivity contribution >= 4 is 40.6 Å². The highest BCUT2D eigenvalue weighted by Gasteiger charge is 2.44. The van der Waals surface area contributed by atoms with Gasteiger partial charge < -0.3 is 25.4 Å². The zero-order valence-electron chi connectivity index (χ0n) is 21.2. The van der Waals surface area contributed by atoms with Crippen molar-refractivity contribution in [3.8, 4) is 0 Å². The van der Waals surface area contributed by atoms with E-state index in [9.17, 15) is 23.1 Å². The third-order valence-corrected chi connectivity index (χ3v) is 6.11.